The van der Waals surface area contributed by atoms with E-state index in [4.69, 9.17) is 8.85 Å². The largest absolute Gasteiger partial charge is 0.409 e. The second kappa shape index (κ2) is 5.52. The van der Waals surface area contributed by atoms with Gasteiger partial charge >= 0.3 is 0 Å². The van der Waals surface area contributed by atoms with Gasteiger partial charge in [-0.1, -0.05) is 25.7 Å². The van der Waals surface area contributed by atoms with Crippen molar-refractivity contribution in [1.29, 1.82) is 0 Å². The van der Waals surface area contributed by atoms with E-state index in [1.165, 1.54) is 51.4 Å². The van der Waals surface area contributed by atoms with Gasteiger partial charge in [0.1, 0.15) is 0 Å². The standard InChI is InChI=1S/C16H34O2Si2/c1-19(2,3)17-15(11-7-8-12-15)16(13-9-10-14-16)18-20(4,5)6/h7-14H2,1-6H3. The second-order valence-corrected chi connectivity index (χ2v) is 17.7. The first-order valence-corrected chi connectivity index (χ1v) is 15.3. The predicted octanol–water partition coefficient (Wildman–Crippen LogP) is 5.32. The van der Waals surface area contributed by atoms with Crippen LogP contribution in [0, 0.1) is 0 Å². The predicted molar refractivity (Wildman–Crippen MR) is 91.3 cm³/mol. The first-order valence-electron chi connectivity index (χ1n) is 8.48. The Balaban J connectivity index is 2.33. The van der Waals surface area contributed by atoms with E-state index in [0.29, 0.717) is 0 Å². The summed E-state index contributed by atoms with van der Waals surface area (Å²) in [5.41, 5.74) is 0.0719. The molecule has 0 radical (unpaired) electrons. The zero-order chi connectivity index (χ0) is 15.1. The monoisotopic (exact) mass is 314 g/mol. The van der Waals surface area contributed by atoms with Crippen molar-refractivity contribution < 1.29 is 8.85 Å². The van der Waals surface area contributed by atoms with Crippen molar-refractivity contribution in [3.05, 3.63) is 0 Å². The number of rotatable bonds is 5. The Morgan fingerprint density at radius 3 is 1.00 bits per heavy atom. The van der Waals surface area contributed by atoms with Crippen molar-refractivity contribution in [2.75, 3.05) is 0 Å². The zero-order valence-corrected chi connectivity index (χ0v) is 16.5. The van der Waals surface area contributed by atoms with Gasteiger partial charge in [0, 0.05) is 0 Å². The molecule has 0 unspecified atom stereocenters. The molecule has 0 aromatic carbocycles. The van der Waals surface area contributed by atoms with Crippen LogP contribution < -0.4 is 0 Å². The Labute approximate surface area is 127 Å². The van der Waals surface area contributed by atoms with E-state index in [-0.39, 0.29) is 11.2 Å². The Kier molecular flexibility index (Phi) is 4.62. The lowest BCUT2D eigenvalue weighted by atomic mass is 9.80. The summed E-state index contributed by atoms with van der Waals surface area (Å²) in [6.45, 7) is 14.0. The van der Waals surface area contributed by atoms with Crippen LogP contribution >= 0.6 is 0 Å². The van der Waals surface area contributed by atoms with Crippen LogP contribution in [0.2, 0.25) is 39.3 Å². The van der Waals surface area contributed by atoms with Crippen molar-refractivity contribution in [3.8, 4) is 0 Å². The fourth-order valence-corrected chi connectivity index (χ4v) is 7.49. The van der Waals surface area contributed by atoms with Crippen molar-refractivity contribution in [2.45, 2.75) is 102 Å². The van der Waals surface area contributed by atoms with Crippen molar-refractivity contribution in [1.82, 2.24) is 0 Å². The fraction of sp³-hybridized carbons (Fsp3) is 1.00. The van der Waals surface area contributed by atoms with Gasteiger partial charge in [-0.3, -0.25) is 0 Å². The smallest absolute Gasteiger partial charge is 0.184 e. The summed E-state index contributed by atoms with van der Waals surface area (Å²) in [6, 6.07) is 0. The molecule has 0 atom stereocenters. The highest BCUT2D eigenvalue weighted by molar-refractivity contribution is 6.70. The average Bonchev–Trinajstić information content (AvgIpc) is 2.83. The topological polar surface area (TPSA) is 18.5 Å². The molecule has 2 saturated carbocycles. The van der Waals surface area contributed by atoms with Gasteiger partial charge in [-0.25, -0.2) is 0 Å². The Morgan fingerprint density at radius 1 is 0.550 bits per heavy atom. The molecule has 0 aliphatic heterocycles. The summed E-state index contributed by atoms with van der Waals surface area (Å²) < 4.78 is 13.7. The zero-order valence-electron chi connectivity index (χ0n) is 14.5. The molecule has 0 saturated heterocycles. The summed E-state index contributed by atoms with van der Waals surface area (Å²) in [4.78, 5) is 0. The quantitative estimate of drug-likeness (QED) is 0.640. The Morgan fingerprint density at radius 2 is 0.800 bits per heavy atom. The molecule has 0 N–H and O–H groups in total. The van der Waals surface area contributed by atoms with Crippen LogP contribution in [-0.2, 0) is 8.85 Å². The fourth-order valence-electron chi connectivity index (χ4n) is 4.37. The van der Waals surface area contributed by atoms with Crippen molar-refractivity contribution in [3.63, 3.8) is 0 Å². The molecular formula is C16H34O2Si2. The van der Waals surface area contributed by atoms with E-state index in [2.05, 4.69) is 39.3 Å². The normalized spacial score (nSPS) is 26.1. The highest BCUT2D eigenvalue weighted by Crippen LogP contribution is 2.53. The van der Waals surface area contributed by atoms with E-state index in [1.54, 1.807) is 0 Å². The summed E-state index contributed by atoms with van der Waals surface area (Å²) in [5, 5.41) is 0. The molecular weight excluding hydrogens is 280 g/mol. The van der Waals surface area contributed by atoms with E-state index < -0.39 is 16.6 Å². The number of hydrogen-bond acceptors (Lipinski definition) is 2. The second-order valence-electron chi connectivity index (χ2n) is 8.83. The average molecular weight is 315 g/mol. The van der Waals surface area contributed by atoms with Crippen LogP contribution in [0.5, 0.6) is 0 Å². The highest BCUT2D eigenvalue weighted by Gasteiger charge is 2.57. The Hall–Kier alpha value is 0.354. The van der Waals surface area contributed by atoms with Crippen molar-refractivity contribution in [2.24, 2.45) is 0 Å². The van der Waals surface area contributed by atoms with Gasteiger partial charge in [0.05, 0.1) is 11.2 Å². The molecule has 2 aliphatic rings. The molecule has 0 spiro atoms. The SMILES string of the molecule is C[Si](C)(C)OC1(C2(O[Si](C)(C)C)CCCC2)CCCC1. The van der Waals surface area contributed by atoms with Gasteiger partial charge in [0.25, 0.3) is 0 Å². The lowest BCUT2D eigenvalue weighted by Gasteiger charge is -2.52. The molecule has 2 rings (SSSR count). The maximum absolute atomic E-state index is 6.86. The van der Waals surface area contributed by atoms with Crippen LogP contribution in [0.4, 0.5) is 0 Å². The van der Waals surface area contributed by atoms with Gasteiger partial charge in [-0.2, -0.15) is 0 Å². The molecule has 118 valence electrons. The highest BCUT2D eigenvalue weighted by atomic mass is 28.4. The first-order chi connectivity index (χ1) is 9.08. The van der Waals surface area contributed by atoms with Crippen LogP contribution in [0.15, 0.2) is 0 Å². The molecule has 0 bridgehead atoms. The van der Waals surface area contributed by atoms with Crippen LogP contribution in [-0.4, -0.2) is 27.8 Å². The van der Waals surface area contributed by atoms with E-state index in [9.17, 15) is 0 Å². The molecule has 0 aromatic heterocycles. The minimum absolute atomic E-state index is 0.0360. The first kappa shape index (κ1) is 16.7. The number of hydrogen-bond donors (Lipinski definition) is 0. The lowest BCUT2D eigenvalue weighted by molar-refractivity contribution is -0.121. The molecule has 0 aromatic rings. The summed E-state index contributed by atoms with van der Waals surface area (Å²) >= 11 is 0. The minimum Gasteiger partial charge on any atom is -0.409 e. The molecule has 4 heteroatoms. The molecule has 2 nitrogen and oxygen atoms in total. The molecule has 20 heavy (non-hydrogen) atoms. The maximum Gasteiger partial charge on any atom is 0.184 e. The van der Waals surface area contributed by atoms with Gasteiger partial charge < -0.3 is 8.85 Å². The summed E-state index contributed by atoms with van der Waals surface area (Å²) in [5.74, 6) is 0. The molecule has 0 amide bonds. The maximum atomic E-state index is 6.86. The lowest BCUT2D eigenvalue weighted by Crippen LogP contribution is -2.60. The summed E-state index contributed by atoms with van der Waals surface area (Å²) in [7, 11) is -3.10. The van der Waals surface area contributed by atoms with E-state index in [0.717, 1.165) is 0 Å². The van der Waals surface area contributed by atoms with Gasteiger partial charge in [0.2, 0.25) is 0 Å². The van der Waals surface area contributed by atoms with E-state index in [1.807, 2.05) is 0 Å². The van der Waals surface area contributed by atoms with E-state index >= 15 is 0 Å². The molecule has 2 fully saturated rings. The van der Waals surface area contributed by atoms with Gasteiger partial charge in [0.15, 0.2) is 16.6 Å². The van der Waals surface area contributed by atoms with Gasteiger partial charge in [-0.15, -0.1) is 0 Å². The molecule has 0 heterocycles. The third-order valence-electron chi connectivity index (χ3n) is 4.66. The third-order valence-corrected chi connectivity index (χ3v) is 6.66. The van der Waals surface area contributed by atoms with Crippen LogP contribution in [0.25, 0.3) is 0 Å². The van der Waals surface area contributed by atoms with Gasteiger partial charge in [-0.05, 0) is 65.0 Å². The van der Waals surface area contributed by atoms with Crippen molar-refractivity contribution >= 4 is 16.6 Å². The van der Waals surface area contributed by atoms with Crippen LogP contribution in [0.1, 0.15) is 51.4 Å². The van der Waals surface area contributed by atoms with Crippen LogP contribution in [0.3, 0.4) is 0 Å². The Bertz CT molecular complexity index is 295. The molecule has 2 aliphatic carbocycles. The summed E-state index contributed by atoms with van der Waals surface area (Å²) in [6.07, 6.45) is 10.2. The minimum atomic E-state index is -1.55. The third kappa shape index (κ3) is 3.57.